The maximum absolute atomic E-state index is 13.2. The minimum absolute atomic E-state index is 0.191. The average Bonchev–Trinajstić information content (AvgIpc) is 2.70. The number of methoxy groups -OCH3 is 1. The number of hydrogen-bond acceptors (Lipinski definition) is 4. The van der Waals surface area contributed by atoms with Gasteiger partial charge in [0.05, 0.1) is 7.11 Å². The van der Waals surface area contributed by atoms with Crippen molar-refractivity contribution in [3.63, 3.8) is 0 Å². The number of para-hydroxylation sites is 1. The van der Waals surface area contributed by atoms with Gasteiger partial charge in [0.15, 0.2) is 0 Å². The normalized spacial score (nSPS) is 17.5. The Balaban J connectivity index is 1.77. The number of hydrogen-bond donors (Lipinski definition) is 0. The fraction of sp³-hybridized carbons (Fsp3) is 0.455. The predicted octanol–water partition coefficient (Wildman–Crippen LogP) is 3.49. The Morgan fingerprint density at radius 3 is 2.70 bits per heavy atom. The number of likely N-dealkylation sites (tertiary alicyclic amines) is 1. The molecule has 1 aliphatic heterocycles. The van der Waals surface area contributed by atoms with Crippen LogP contribution >= 0.6 is 0 Å². The fourth-order valence-corrected chi connectivity index (χ4v) is 3.71. The molecule has 1 unspecified atom stereocenters. The summed E-state index contributed by atoms with van der Waals surface area (Å²) in [5.74, 6) is 1.01. The molecule has 0 radical (unpaired) electrons. The minimum atomic E-state index is 0.191. The van der Waals surface area contributed by atoms with Crippen LogP contribution in [0.3, 0.4) is 0 Å². The highest BCUT2D eigenvalue weighted by atomic mass is 16.5. The molecule has 2 heterocycles. The molecule has 144 valence electrons. The standard InChI is InChI=1S/C22H29N3O2/c1-24-14-6-5-8-20(24)15-22(26)25(16-18-10-12-23-13-11-18)17-19-7-3-4-9-21(19)27-2/h3-4,7,9-13,20H,5-6,8,14-17H2,1-2H3. The summed E-state index contributed by atoms with van der Waals surface area (Å²) in [6.45, 7) is 2.20. The van der Waals surface area contributed by atoms with Crippen molar-refractivity contribution >= 4 is 5.91 Å². The van der Waals surface area contributed by atoms with Crippen molar-refractivity contribution in [1.29, 1.82) is 0 Å². The van der Waals surface area contributed by atoms with Crippen molar-refractivity contribution in [2.45, 2.75) is 44.8 Å². The van der Waals surface area contributed by atoms with Gasteiger partial charge in [0, 0.05) is 43.5 Å². The Labute approximate surface area is 162 Å². The molecule has 27 heavy (non-hydrogen) atoms. The molecular weight excluding hydrogens is 338 g/mol. The molecule has 1 atom stereocenters. The number of ether oxygens (including phenoxy) is 1. The molecule has 1 aromatic heterocycles. The third-order valence-corrected chi connectivity index (χ3v) is 5.36. The quantitative estimate of drug-likeness (QED) is 0.751. The van der Waals surface area contributed by atoms with Crippen molar-refractivity contribution in [2.24, 2.45) is 0 Å². The Morgan fingerprint density at radius 2 is 1.96 bits per heavy atom. The molecule has 0 bridgehead atoms. The van der Waals surface area contributed by atoms with E-state index in [9.17, 15) is 4.79 Å². The number of aromatic nitrogens is 1. The smallest absolute Gasteiger partial charge is 0.224 e. The molecule has 5 nitrogen and oxygen atoms in total. The van der Waals surface area contributed by atoms with E-state index in [1.807, 2.05) is 41.3 Å². The molecule has 0 saturated carbocycles. The number of amides is 1. The van der Waals surface area contributed by atoms with Crippen molar-refractivity contribution in [2.75, 3.05) is 20.7 Å². The van der Waals surface area contributed by atoms with Crippen LogP contribution in [0.5, 0.6) is 5.75 Å². The number of carbonyl (C=O) groups is 1. The molecule has 1 fully saturated rings. The van der Waals surface area contributed by atoms with E-state index in [-0.39, 0.29) is 5.91 Å². The topological polar surface area (TPSA) is 45.7 Å². The first-order valence-electron chi connectivity index (χ1n) is 9.66. The number of rotatable bonds is 7. The lowest BCUT2D eigenvalue weighted by molar-refractivity contribution is -0.134. The number of pyridine rings is 1. The molecule has 0 spiro atoms. The van der Waals surface area contributed by atoms with E-state index >= 15 is 0 Å². The summed E-state index contributed by atoms with van der Waals surface area (Å²) in [6, 6.07) is 12.2. The third-order valence-electron chi connectivity index (χ3n) is 5.36. The predicted molar refractivity (Wildman–Crippen MR) is 106 cm³/mol. The summed E-state index contributed by atoms with van der Waals surface area (Å²) in [7, 11) is 3.80. The van der Waals surface area contributed by atoms with Crippen LogP contribution in [0, 0.1) is 0 Å². The molecule has 0 N–H and O–H groups in total. The van der Waals surface area contributed by atoms with Gasteiger partial charge in [0.25, 0.3) is 0 Å². The van der Waals surface area contributed by atoms with Crippen molar-refractivity contribution in [1.82, 2.24) is 14.8 Å². The zero-order valence-corrected chi connectivity index (χ0v) is 16.3. The van der Waals surface area contributed by atoms with Gasteiger partial charge in [-0.15, -0.1) is 0 Å². The molecular formula is C22H29N3O2. The first kappa shape index (κ1) is 19.4. The molecule has 1 saturated heterocycles. The Bertz CT molecular complexity index is 735. The van der Waals surface area contributed by atoms with E-state index in [2.05, 4.69) is 16.9 Å². The van der Waals surface area contributed by atoms with Crippen molar-refractivity contribution in [3.8, 4) is 5.75 Å². The number of benzene rings is 1. The van der Waals surface area contributed by atoms with E-state index in [1.165, 1.54) is 12.8 Å². The maximum Gasteiger partial charge on any atom is 0.224 e. The van der Waals surface area contributed by atoms with Gasteiger partial charge in [-0.05, 0) is 50.2 Å². The van der Waals surface area contributed by atoms with Crippen LogP contribution in [0.25, 0.3) is 0 Å². The van der Waals surface area contributed by atoms with Gasteiger partial charge in [-0.2, -0.15) is 0 Å². The first-order valence-corrected chi connectivity index (χ1v) is 9.66. The fourth-order valence-electron chi connectivity index (χ4n) is 3.71. The molecule has 1 aliphatic rings. The number of piperidine rings is 1. The monoisotopic (exact) mass is 367 g/mol. The lowest BCUT2D eigenvalue weighted by Gasteiger charge is -2.34. The zero-order chi connectivity index (χ0) is 19.1. The Hall–Kier alpha value is -2.40. The maximum atomic E-state index is 13.2. The third kappa shape index (κ3) is 5.30. The summed E-state index contributed by atoms with van der Waals surface area (Å²) in [6.07, 6.45) is 7.64. The Kier molecular flexibility index (Phi) is 6.82. The van der Waals surface area contributed by atoms with Gasteiger partial charge in [-0.3, -0.25) is 9.78 Å². The van der Waals surface area contributed by atoms with E-state index in [0.29, 0.717) is 25.6 Å². The molecule has 1 aromatic carbocycles. The summed E-state index contributed by atoms with van der Waals surface area (Å²) >= 11 is 0. The Morgan fingerprint density at radius 1 is 1.19 bits per heavy atom. The van der Waals surface area contributed by atoms with Crippen LogP contribution in [0.4, 0.5) is 0 Å². The molecule has 3 rings (SSSR count). The molecule has 0 aliphatic carbocycles. The average molecular weight is 367 g/mol. The molecule has 1 amide bonds. The van der Waals surface area contributed by atoms with Gasteiger partial charge < -0.3 is 14.5 Å². The second-order valence-electron chi connectivity index (χ2n) is 7.25. The second-order valence-corrected chi connectivity index (χ2v) is 7.25. The molecule has 5 heteroatoms. The van der Waals surface area contributed by atoms with E-state index in [4.69, 9.17) is 4.74 Å². The van der Waals surface area contributed by atoms with Crippen LogP contribution in [-0.2, 0) is 17.9 Å². The van der Waals surface area contributed by atoms with Gasteiger partial charge in [-0.1, -0.05) is 24.6 Å². The van der Waals surface area contributed by atoms with Gasteiger partial charge in [-0.25, -0.2) is 0 Å². The van der Waals surface area contributed by atoms with Gasteiger partial charge in [0.1, 0.15) is 5.75 Å². The lowest BCUT2D eigenvalue weighted by atomic mass is 9.99. The van der Waals surface area contributed by atoms with E-state index < -0.39 is 0 Å². The highest BCUT2D eigenvalue weighted by Gasteiger charge is 2.25. The summed E-state index contributed by atoms with van der Waals surface area (Å²) in [5, 5.41) is 0. The van der Waals surface area contributed by atoms with Gasteiger partial charge in [0.2, 0.25) is 5.91 Å². The summed E-state index contributed by atoms with van der Waals surface area (Å²) in [5.41, 5.74) is 2.12. The van der Waals surface area contributed by atoms with Crippen molar-refractivity contribution < 1.29 is 9.53 Å². The minimum Gasteiger partial charge on any atom is -0.496 e. The van der Waals surface area contributed by atoms with Crippen LogP contribution in [0.1, 0.15) is 36.8 Å². The van der Waals surface area contributed by atoms with Crippen LogP contribution in [0.2, 0.25) is 0 Å². The molecule has 2 aromatic rings. The highest BCUT2D eigenvalue weighted by molar-refractivity contribution is 5.77. The summed E-state index contributed by atoms with van der Waals surface area (Å²) in [4.78, 5) is 21.6. The largest absolute Gasteiger partial charge is 0.496 e. The van der Waals surface area contributed by atoms with E-state index in [0.717, 1.165) is 29.8 Å². The van der Waals surface area contributed by atoms with Crippen LogP contribution in [0.15, 0.2) is 48.8 Å². The summed E-state index contributed by atoms with van der Waals surface area (Å²) < 4.78 is 5.49. The second kappa shape index (κ2) is 9.51. The zero-order valence-electron chi connectivity index (χ0n) is 16.3. The van der Waals surface area contributed by atoms with Crippen LogP contribution in [-0.4, -0.2) is 47.4 Å². The first-order chi connectivity index (χ1) is 13.2. The number of nitrogens with zero attached hydrogens (tertiary/aromatic N) is 3. The van der Waals surface area contributed by atoms with Crippen molar-refractivity contribution in [3.05, 3.63) is 59.9 Å². The van der Waals surface area contributed by atoms with Crippen LogP contribution < -0.4 is 4.74 Å². The lowest BCUT2D eigenvalue weighted by Crippen LogP contribution is -2.41. The highest BCUT2D eigenvalue weighted by Crippen LogP contribution is 2.23. The number of carbonyl (C=O) groups excluding carboxylic acids is 1. The van der Waals surface area contributed by atoms with Gasteiger partial charge >= 0.3 is 0 Å². The van der Waals surface area contributed by atoms with E-state index in [1.54, 1.807) is 19.5 Å². The SMILES string of the molecule is COc1ccccc1CN(Cc1ccncc1)C(=O)CC1CCCCN1C.